The fourth-order valence-corrected chi connectivity index (χ4v) is 2.27. The average molecular weight is 341 g/mol. The molecule has 0 aliphatic carbocycles. The fraction of sp³-hybridized carbons (Fsp3) is 0.0769. The number of nitrogens with two attached hydrogens (primary N) is 1. The molecule has 1 aromatic carbocycles. The molecule has 0 aliphatic heterocycles. The molecule has 2 rings (SSSR count). The number of halogens is 2. The lowest BCUT2D eigenvalue weighted by atomic mass is 10.2. The van der Waals surface area contributed by atoms with Crippen LogP contribution in [-0.4, -0.2) is 10.9 Å². The number of nitrogens with one attached hydrogen (secondary N) is 1. The first-order valence-corrected chi connectivity index (χ1v) is 6.62. The van der Waals surface area contributed by atoms with Gasteiger partial charge in [-0.3, -0.25) is 9.78 Å². The maximum absolute atomic E-state index is 12.1. The number of hydrogen-bond donors (Lipinski definition) is 2. The van der Waals surface area contributed by atoms with E-state index in [1.807, 2.05) is 13.0 Å². The van der Waals surface area contributed by atoms with Gasteiger partial charge in [0.25, 0.3) is 5.91 Å². The second-order valence-corrected chi connectivity index (χ2v) is 5.26. The predicted octanol–water partition coefficient (Wildman–Crippen LogP) is 3.64. The van der Waals surface area contributed by atoms with Crippen LogP contribution in [0.4, 0.5) is 11.4 Å². The highest BCUT2D eigenvalue weighted by Crippen LogP contribution is 2.29. The van der Waals surface area contributed by atoms with Crippen LogP contribution in [0.5, 0.6) is 0 Å². The Hall–Kier alpha value is -1.59. The summed E-state index contributed by atoms with van der Waals surface area (Å²) in [6.07, 6.45) is 2.95. The van der Waals surface area contributed by atoms with Crippen LogP contribution in [0.3, 0.4) is 0 Å². The van der Waals surface area contributed by atoms with Crippen LogP contribution in [0.15, 0.2) is 35.1 Å². The summed E-state index contributed by atoms with van der Waals surface area (Å²) in [5.41, 5.74) is 7.93. The number of aryl methyl sites for hydroxylation is 1. The first kappa shape index (κ1) is 13.8. The average Bonchev–Trinajstić information content (AvgIpc) is 2.36. The van der Waals surface area contributed by atoms with Gasteiger partial charge in [-0.15, -0.1) is 0 Å². The number of carbonyl (C=O) groups excluding carboxylic acids is 1. The van der Waals surface area contributed by atoms with E-state index in [4.69, 9.17) is 17.3 Å². The summed E-state index contributed by atoms with van der Waals surface area (Å²) in [6.45, 7) is 1.89. The van der Waals surface area contributed by atoms with Gasteiger partial charge in [0.2, 0.25) is 0 Å². The molecule has 19 heavy (non-hydrogen) atoms. The van der Waals surface area contributed by atoms with Gasteiger partial charge in [-0.1, -0.05) is 11.6 Å². The Morgan fingerprint density at radius 1 is 1.47 bits per heavy atom. The van der Waals surface area contributed by atoms with E-state index in [0.717, 1.165) is 10.0 Å². The minimum absolute atomic E-state index is 0.305. The zero-order chi connectivity index (χ0) is 14.0. The predicted molar refractivity (Wildman–Crippen MR) is 80.5 cm³/mol. The number of nitrogen functional groups attached to an aromatic ring is 1. The fourth-order valence-electron chi connectivity index (χ4n) is 1.55. The summed E-state index contributed by atoms with van der Waals surface area (Å²) >= 11 is 9.42. The van der Waals surface area contributed by atoms with Gasteiger partial charge in [0.1, 0.15) is 0 Å². The normalized spacial score (nSPS) is 10.3. The number of nitrogens with zero attached hydrogens (tertiary/aromatic N) is 1. The van der Waals surface area contributed by atoms with E-state index in [1.54, 1.807) is 12.1 Å². The summed E-state index contributed by atoms with van der Waals surface area (Å²) in [7, 11) is 0. The van der Waals surface area contributed by atoms with Gasteiger partial charge in [0, 0.05) is 15.7 Å². The van der Waals surface area contributed by atoms with Crippen molar-refractivity contribution in [3.05, 3.63) is 51.2 Å². The minimum atomic E-state index is -0.305. The lowest BCUT2D eigenvalue weighted by Gasteiger charge is -2.10. The monoisotopic (exact) mass is 339 g/mol. The quantitative estimate of drug-likeness (QED) is 0.877. The number of pyridine rings is 1. The number of hydrogen-bond acceptors (Lipinski definition) is 3. The highest BCUT2D eigenvalue weighted by molar-refractivity contribution is 9.10. The van der Waals surface area contributed by atoms with Crippen molar-refractivity contribution in [3.63, 3.8) is 0 Å². The molecular weight excluding hydrogens is 330 g/mol. The molecule has 98 valence electrons. The van der Waals surface area contributed by atoms with Crippen LogP contribution in [0.1, 0.15) is 15.9 Å². The summed E-state index contributed by atoms with van der Waals surface area (Å²) in [6, 6.07) is 5.10. The minimum Gasteiger partial charge on any atom is -0.397 e. The Morgan fingerprint density at radius 3 is 2.89 bits per heavy atom. The molecule has 6 heteroatoms. The maximum Gasteiger partial charge on any atom is 0.257 e. The largest absolute Gasteiger partial charge is 0.397 e. The van der Waals surface area contributed by atoms with Crippen molar-refractivity contribution >= 4 is 44.8 Å². The molecule has 1 aromatic heterocycles. The van der Waals surface area contributed by atoms with Crippen molar-refractivity contribution in [2.45, 2.75) is 6.92 Å². The van der Waals surface area contributed by atoms with E-state index in [0.29, 0.717) is 22.0 Å². The highest BCUT2D eigenvalue weighted by atomic mass is 79.9. The number of amides is 1. The van der Waals surface area contributed by atoms with Crippen LogP contribution < -0.4 is 11.1 Å². The third kappa shape index (κ3) is 3.05. The van der Waals surface area contributed by atoms with Crippen molar-refractivity contribution in [1.29, 1.82) is 0 Å². The molecule has 0 aliphatic rings. The van der Waals surface area contributed by atoms with Crippen LogP contribution in [-0.2, 0) is 0 Å². The molecule has 0 atom stereocenters. The molecule has 1 heterocycles. The number of benzene rings is 1. The third-order valence-electron chi connectivity index (χ3n) is 2.59. The van der Waals surface area contributed by atoms with Crippen molar-refractivity contribution in [1.82, 2.24) is 4.98 Å². The molecule has 0 unspecified atom stereocenters. The summed E-state index contributed by atoms with van der Waals surface area (Å²) in [4.78, 5) is 15.9. The zero-order valence-corrected chi connectivity index (χ0v) is 12.4. The molecule has 0 saturated carbocycles. The van der Waals surface area contributed by atoms with Crippen molar-refractivity contribution in [2.24, 2.45) is 0 Å². The van der Waals surface area contributed by atoms with E-state index in [9.17, 15) is 4.79 Å². The van der Waals surface area contributed by atoms with Crippen LogP contribution in [0.2, 0.25) is 5.02 Å². The molecular formula is C13H11BrClN3O. The number of aromatic nitrogens is 1. The first-order valence-electron chi connectivity index (χ1n) is 5.45. The Labute approximate surface area is 124 Å². The molecule has 4 nitrogen and oxygen atoms in total. The Bertz CT molecular complexity index is 646. The lowest BCUT2D eigenvalue weighted by molar-refractivity contribution is 0.102. The Morgan fingerprint density at radius 2 is 2.21 bits per heavy atom. The van der Waals surface area contributed by atoms with Crippen molar-refractivity contribution in [3.8, 4) is 0 Å². The summed E-state index contributed by atoms with van der Waals surface area (Å²) in [5, 5.41) is 3.34. The second kappa shape index (κ2) is 5.59. The molecule has 1 amide bonds. The van der Waals surface area contributed by atoms with Crippen LogP contribution >= 0.6 is 27.5 Å². The smallest absolute Gasteiger partial charge is 0.257 e. The van der Waals surface area contributed by atoms with Gasteiger partial charge >= 0.3 is 0 Å². The number of anilines is 2. The van der Waals surface area contributed by atoms with E-state index >= 15 is 0 Å². The molecule has 0 bridgehead atoms. The summed E-state index contributed by atoms with van der Waals surface area (Å²) in [5.74, 6) is -0.305. The topological polar surface area (TPSA) is 68.0 Å². The Balaban J connectivity index is 2.30. The van der Waals surface area contributed by atoms with E-state index < -0.39 is 0 Å². The van der Waals surface area contributed by atoms with Crippen molar-refractivity contribution in [2.75, 3.05) is 11.1 Å². The number of carbonyl (C=O) groups is 1. The summed E-state index contributed by atoms with van der Waals surface area (Å²) < 4.78 is 0.760. The van der Waals surface area contributed by atoms with Gasteiger partial charge < -0.3 is 11.1 Å². The lowest BCUT2D eigenvalue weighted by Crippen LogP contribution is -2.14. The van der Waals surface area contributed by atoms with Crippen LogP contribution in [0.25, 0.3) is 0 Å². The maximum atomic E-state index is 12.1. The molecule has 0 fully saturated rings. The van der Waals surface area contributed by atoms with E-state index in [2.05, 4.69) is 26.2 Å². The van der Waals surface area contributed by atoms with E-state index in [1.165, 1.54) is 12.4 Å². The SMILES string of the molecule is Cc1cc(Br)c(NC(=O)c2ccncc2N)cc1Cl. The first-order chi connectivity index (χ1) is 8.99. The number of rotatable bonds is 2. The molecule has 0 spiro atoms. The van der Waals surface area contributed by atoms with Gasteiger partial charge in [-0.25, -0.2) is 0 Å². The second-order valence-electron chi connectivity index (χ2n) is 4.00. The van der Waals surface area contributed by atoms with Gasteiger partial charge in [0.15, 0.2) is 0 Å². The standard InChI is InChI=1S/C13H11BrClN3O/c1-7-4-9(14)12(5-10(7)15)18-13(19)8-2-3-17-6-11(8)16/h2-6H,16H2,1H3,(H,18,19). The third-order valence-corrected chi connectivity index (χ3v) is 3.66. The van der Waals surface area contributed by atoms with Gasteiger partial charge in [-0.05, 0) is 46.6 Å². The molecule has 2 aromatic rings. The van der Waals surface area contributed by atoms with Crippen molar-refractivity contribution < 1.29 is 4.79 Å². The molecule has 0 saturated heterocycles. The zero-order valence-electron chi connectivity index (χ0n) is 10.1. The molecule has 3 N–H and O–H groups in total. The molecule has 0 radical (unpaired) electrons. The highest BCUT2D eigenvalue weighted by Gasteiger charge is 2.12. The van der Waals surface area contributed by atoms with Gasteiger partial charge in [-0.2, -0.15) is 0 Å². The van der Waals surface area contributed by atoms with Crippen LogP contribution in [0, 0.1) is 6.92 Å². The van der Waals surface area contributed by atoms with Gasteiger partial charge in [0.05, 0.1) is 23.1 Å². The van der Waals surface area contributed by atoms with E-state index in [-0.39, 0.29) is 5.91 Å². The Kier molecular flexibility index (Phi) is 4.07.